The predicted octanol–water partition coefficient (Wildman–Crippen LogP) is 5.44. The Morgan fingerprint density at radius 3 is 2.72 bits per heavy atom. The first-order chi connectivity index (χ1) is 8.70. The summed E-state index contributed by atoms with van der Waals surface area (Å²) in [4.78, 5) is 1.52. The molecule has 0 aliphatic heterocycles. The lowest BCUT2D eigenvalue weighted by Gasteiger charge is -2.16. The van der Waals surface area contributed by atoms with Crippen LogP contribution in [0.4, 0.5) is 0 Å². The van der Waals surface area contributed by atoms with Crippen molar-refractivity contribution in [2.45, 2.75) is 46.1 Å². The Labute approximate surface area is 118 Å². The second kappa shape index (κ2) is 6.69. The number of thiophene rings is 2. The van der Waals surface area contributed by atoms with Gasteiger partial charge in [-0.05, 0) is 36.4 Å². The average Bonchev–Trinajstić information content (AvgIpc) is 2.87. The van der Waals surface area contributed by atoms with Crippen LogP contribution >= 0.6 is 22.7 Å². The van der Waals surface area contributed by atoms with Gasteiger partial charge < -0.3 is 5.32 Å². The summed E-state index contributed by atoms with van der Waals surface area (Å²) in [5.41, 5.74) is 0. The third-order valence-electron chi connectivity index (χ3n) is 3.23. The van der Waals surface area contributed by atoms with E-state index in [4.69, 9.17) is 0 Å². The van der Waals surface area contributed by atoms with Crippen LogP contribution in [-0.2, 0) is 0 Å². The number of rotatable bonds is 7. The van der Waals surface area contributed by atoms with Gasteiger partial charge >= 0.3 is 0 Å². The van der Waals surface area contributed by atoms with E-state index in [1.807, 2.05) is 22.7 Å². The molecular weight excluding hydrogens is 258 g/mol. The molecule has 1 atom stereocenters. The molecule has 0 aliphatic rings. The van der Waals surface area contributed by atoms with Crippen LogP contribution in [0.25, 0.3) is 9.40 Å². The minimum atomic E-state index is 0.554. The normalized spacial score (nSPS) is 13.6. The first-order valence-electron chi connectivity index (χ1n) is 6.91. The van der Waals surface area contributed by atoms with Crippen molar-refractivity contribution in [3.05, 3.63) is 22.4 Å². The van der Waals surface area contributed by atoms with Crippen LogP contribution in [0.2, 0.25) is 0 Å². The van der Waals surface area contributed by atoms with Gasteiger partial charge in [-0.1, -0.05) is 33.6 Å². The molecule has 2 aromatic rings. The average molecular weight is 281 g/mol. The summed E-state index contributed by atoms with van der Waals surface area (Å²) >= 11 is 3.81. The van der Waals surface area contributed by atoms with Crippen molar-refractivity contribution in [2.75, 3.05) is 6.54 Å². The van der Waals surface area contributed by atoms with Crippen molar-refractivity contribution in [2.24, 2.45) is 5.92 Å². The highest BCUT2D eigenvalue weighted by molar-refractivity contribution is 7.26. The minimum absolute atomic E-state index is 0.554. The van der Waals surface area contributed by atoms with Crippen LogP contribution in [0.5, 0.6) is 0 Å². The van der Waals surface area contributed by atoms with E-state index in [2.05, 4.69) is 43.6 Å². The maximum atomic E-state index is 3.64. The summed E-state index contributed by atoms with van der Waals surface area (Å²) in [6.07, 6.45) is 3.92. The topological polar surface area (TPSA) is 12.0 Å². The van der Waals surface area contributed by atoms with E-state index in [0.29, 0.717) is 6.04 Å². The fourth-order valence-corrected chi connectivity index (χ4v) is 4.51. The molecular formula is C15H23NS2. The van der Waals surface area contributed by atoms with Gasteiger partial charge in [-0.3, -0.25) is 0 Å². The summed E-state index contributed by atoms with van der Waals surface area (Å²) in [6, 6.07) is 5.18. The van der Waals surface area contributed by atoms with E-state index < -0.39 is 0 Å². The molecule has 0 aliphatic carbocycles. The smallest absolute Gasteiger partial charge is 0.0454 e. The second-order valence-corrected chi connectivity index (χ2v) is 7.30. The van der Waals surface area contributed by atoms with Gasteiger partial charge in [-0.25, -0.2) is 0 Å². The molecule has 1 nitrogen and oxygen atoms in total. The van der Waals surface area contributed by atoms with Crippen LogP contribution in [0.1, 0.15) is 51.0 Å². The largest absolute Gasteiger partial charge is 0.310 e. The Bertz CT molecular complexity index is 441. The molecule has 1 N–H and O–H groups in total. The van der Waals surface area contributed by atoms with Gasteiger partial charge in [-0.2, -0.15) is 0 Å². The van der Waals surface area contributed by atoms with E-state index in [9.17, 15) is 0 Å². The van der Waals surface area contributed by atoms with Crippen molar-refractivity contribution < 1.29 is 0 Å². The fourth-order valence-electron chi connectivity index (χ4n) is 2.28. The van der Waals surface area contributed by atoms with Crippen LogP contribution in [0.15, 0.2) is 17.5 Å². The summed E-state index contributed by atoms with van der Waals surface area (Å²) in [5.74, 6) is 0.819. The summed E-state index contributed by atoms with van der Waals surface area (Å²) in [5, 5.41) is 5.82. The van der Waals surface area contributed by atoms with Crippen molar-refractivity contribution in [1.82, 2.24) is 5.32 Å². The third-order valence-corrected chi connectivity index (χ3v) is 5.43. The van der Waals surface area contributed by atoms with Gasteiger partial charge in [-0.15, -0.1) is 22.7 Å². The van der Waals surface area contributed by atoms with E-state index in [1.54, 1.807) is 0 Å². The van der Waals surface area contributed by atoms with Crippen LogP contribution in [0, 0.1) is 5.92 Å². The molecule has 18 heavy (non-hydrogen) atoms. The zero-order valence-corrected chi connectivity index (χ0v) is 13.2. The third kappa shape index (κ3) is 3.56. The summed E-state index contributed by atoms with van der Waals surface area (Å²) in [6.45, 7) is 7.87. The molecule has 0 saturated heterocycles. The number of fused-ring (bicyclic) bond motifs is 1. The molecule has 2 aromatic heterocycles. The Kier molecular flexibility index (Phi) is 5.22. The zero-order valence-electron chi connectivity index (χ0n) is 11.5. The molecule has 2 heterocycles. The molecule has 0 aromatic carbocycles. The quantitative estimate of drug-likeness (QED) is 0.712. The standard InChI is InChI=1S/C15H23NS2/c1-4-16-12(7-5-6-11(2)3)14-10-15-13(18-14)8-9-17-15/h8-12,16H,4-7H2,1-3H3. The van der Waals surface area contributed by atoms with Crippen molar-refractivity contribution in [1.29, 1.82) is 0 Å². The molecule has 0 amide bonds. The Morgan fingerprint density at radius 1 is 1.22 bits per heavy atom. The van der Waals surface area contributed by atoms with Crippen molar-refractivity contribution >= 4 is 32.1 Å². The first kappa shape index (κ1) is 14.0. The maximum absolute atomic E-state index is 3.64. The summed E-state index contributed by atoms with van der Waals surface area (Å²) in [7, 11) is 0. The van der Waals surface area contributed by atoms with E-state index in [1.165, 1.54) is 33.5 Å². The van der Waals surface area contributed by atoms with Gasteiger partial charge in [0.25, 0.3) is 0 Å². The summed E-state index contributed by atoms with van der Waals surface area (Å²) < 4.78 is 2.89. The van der Waals surface area contributed by atoms with Gasteiger partial charge in [0.1, 0.15) is 0 Å². The fraction of sp³-hybridized carbons (Fsp3) is 0.600. The van der Waals surface area contributed by atoms with Gasteiger partial charge in [0.2, 0.25) is 0 Å². The second-order valence-electron chi connectivity index (χ2n) is 5.23. The lowest BCUT2D eigenvalue weighted by Crippen LogP contribution is -2.20. The molecule has 100 valence electrons. The Morgan fingerprint density at radius 2 is 2.06 bits per heavy atom. The number of hydrogen-bond donors (Lipinski definition) is 1. The molecule has 2 rings (SSSR count). The molecule has 0 saturated carbocycles. The molecule has 0 spiro atoms. The van der Waals surface area contributed by atoms with Crippen LogP contribution in [-0.4, -0.2) is 6.54 Å². The van der Waals surface area contributed by atoms with E-state index in [0.717, 1.165) is 12.5 Å². The van der Waals surface area contributed by atoms with Crippen LogP contribution in [0.3, 0.4) is 0 Å². The monoisotopic (exact) mass is 281 g/mol. The first-order valence-corrected chi connectivity index (χ1v) is 8.60. The van der Waals surface area contributed by atoms with Crippen molar-refractivity contribution in [3.63, 3.8) is 0 Å². The van der Waals surface area contributed by atoms with Gasteiger partial charge in [0.05, 0.1) is 0 Å². The number of nitrogens with one attached hydrogen (secondary N) is 1. The SMILES string of the molecule is CCNC(CCCC(C)C)c1cc2sccc2s1. The molecule has 0 bridgehead atoms. The highest BCUT2D eigenvalue weighted by Crippen LogP contribution is 2.35. The van der Waals surface area contributed by atoms with Crippen LogP contribution < -0.4 is 5.32 Å². The van der Waals surface area contributed by atoms with E-state index >= 15 is 0 Å². The zero-order chi connectivity index (χ0) is 13.0. The van der Waals surface area contributed by atoms with Gasteiger partial charge in [0.15, 0.2) is 0 Å². The molecule has 0 fully saturated rings. The lowest BCUT2D eigenvalue weighted by molar-refractivity contribution is 0.460. The lowest BCUT2D eigenvalue weighted by atomic mass is 10.0. The van der Waals surface area contributed by atoms with Crippen molar-refractivity contribution in [3.8, 4) is 0 Å². The predicted molar refractivity (Wildman–Crippen MR) is 84.8 cm³/mol. The Balaban J connectivity index is 2.02. The minimum Gasteiger partial charge on any atom is -0.310 e. The van der Waals surface area contributed by atoms with E-state index in [-0.39, 0.29) is 0 Å². The maximum Gasteiger partial charge on any atom is 0.0454 e. The highest BCUT2D eigenvalue weighted by Gasteiger charge is 2.14. The van der Waals surface area contributed by atoms with Gasteiger partial charge in [0, 0.05) is 20.3 Å². The molecule has 3 heteroatoms. The Hall–Kier alpha value is -0.380. The number of hydrogen-bond acceptors (Lipinski definition) is 3. The molecule has 1 unspecified atom stereocenters. The highest BCUT2D eigenvalue weighted by atomic mass is 32.1. The molecule has 0 radical (unpaired) electrons.